The van der Waals surface area contributed by atoms with E-state index in [0.29, 0.717) is 37.7 Å². The second-order valence-corrected chi connectivity index (χ2v) is 15.0. The maximum absolute atomic E-state index is 17.6. The molecule has 0 bridgehead atoms. The molecule has 5 rings (SSSR count). The van der Waals surface area contributed by atoms with Crippen molar-refractivity contribution in [2.75, 3.05) is 13.2 Å². The summed E-state index contributed by atoms with van der Waals surface area (Å²) in [7, 11) is 0. The second kappa shape index (κ2) is 13.8. The van der Waals surface area contributed by atoms with Crippen molar-refractivity contribution in [3.8, 4) is 0 Å². The van der Waals surface area contributed by atoms with Crippen molar-refractivity contribution in [2.24, 2.45) is 22.7 Å². The maximum Gasteiger partial charge on any atom is 0.326 e. The number of nitrogens with zero attached hydrogens (tertiary/aromatic N) is 1. The standard InChI is InChI=1S/C34H47FN2O13/c1-30(2)49-26-15-22-21-10-9-19-14-20(38)11-12-31(19,3)33(21,35)24(39)17-32(22,4)34(26,50-30)25(40)18-47-28(42)16-23(29(43)44)36-27(41)8-6-5-7-13-48-37(45)46/h11-12,14,21-24,26,39,45-46H,5-10,13,15-18H2,1-4H3,(H,36,41)(H,43,44)/t21-,22-,23?,24-,26+,31-,32-,33-,34+/m0/s1. The normalized spacial score (nSPS) is 37.2. The van der Waals surface area contributed by atoms with Crippen molar-refractivity contribution < 1.29 is 68.0 Å². The molecule has 5 aliphatic rings. The number of amides is 1. The highest BCUT2D eigenvalue weighted by Gasteiger charge is 2.80. The zero-order valence-corrected chi connectivity index (χ0v) is 28.7. The molecule has 0 aromatic carbocycles. The molecule has 15 nitrogen and oxygen atoms in total. The zero-order valence-electron chi connectivity index (χ0n) is 28.7. The third-order valence-corrected chi connectivity index (χ3v) is 11.7. The number of Topliss-reactive ketones (excluding diaryl/α,β-unsaturated/α-hetero) is 1. The van der Waals surface area contributed by atoms with Crippen LogP contribution in [-0.2, 0) is 43.0 Å². The van der Waals surface area contributed by atoms with E-state index in [0.717, 1.165) is 0 Å². The monoisotopic (exact) mass is 710 g/mol. The molecule has 0 radical (unpaired) electrons. The van der Waals surface area contributed by atoms with E-state index in [4.69, 9.17) is 24.6 Å². The van der Waals surface area contributed by atoms with Crippen LogP contribution in [0.3, 0.4) is 0 Å². The van der Waals surface area contributed by atoms with E-state index in [1.165, 1.54) is 12.2 Å². The Hall–Kier alpha value is -3.12. The number of hydrogen-bond donors (Lipinski definition) is 5. The van der Waals surface area contributed by atoms with Crippen molar-refractivity contribution >= 4 is 29.4 Å². The number of alkyl halides is 1. The van der Waals surface area contributed by atoms with Gasteiger partial charge in [-0.1, -0.05) is 25.0 Å². The van der Waals surface area contributed by atoms with Gasteiger partial charge in [0, 0.05) is 23.2 Å². The minimum atomic E-state index is -2.14. The molecule has 5 N–H and O–H groups in total. The van der Waals surface area contributed by atoms with Gasteiger partial charge >= 0.3 is 11.9 Å². The molecular formula is C34H47FN2O13. The number of unbranched alkanes of at least 4 members (excludes halogenated alkanes) is 2. The predicted octanol–water partition coefficient (Wildman–Crippen LogP) is 2.50. The number of allylic oxidation sites excluding steroid dienone is 4. The number of carboxylic acids is 1. The molecule has 1 saturated heterocycles. The van der Waals surface area contributed by atoms with Gasteiger partial charge in [-0.3, -0.25) is 34.4 Å². The number of ether oxygens (including phenoxy) is 3. The number of rotatable bonds is 14. The minimum absolute atomic E-state index is 0.0101. The average molecular weight is 711 g/mol. The van der Waals surface area contributed by atoms with Crippen molar-refractivity contribution in [2.45, 2.75) is 121 Å². The lowest BCUT2D eigenvalue weighted by atomic mass is 9.44. The fraction of sp³-hybridized carbons (Fsp3) is 0.735. The molecule has 278 valence electrons. The van der Waals surface area contributed by atoms with Crippen LogP contribution in [0.4, 0.5) is 4.39 Å². The van der Waals surface area contributed by atoms with Crippen LogP contribution >= 0.6 is 0 Å². The first kappa shape index (κ1) is 38.1. The van der Waals surface area contributed by atoms with Gasteiger partial charge in [0.15, 0.2) is 29.4 Å². The lowest BCUT2D eigenvalue weighted by molar-refractivity contribution is -0.492. The molecule has 50 heavy (non-hydrogen) atoms. The van der Waals surface area contributed by atoms with E-state index in [9.17, 15) is 34.2 Å². The molecule has 16 heteroatoms. The number of nitrogens with one attached hydrogen (secondary N) is 1. The average Bonchev–Trinajstić information content (AvgIpc) is 3.43. The highest BCUT2D eigenvalue weighted by molar-refractivity contribution is 6.01. The van der Waals surface area contributed by atoms with Crippen LogP contribution in [0.15, 0.2) is 23.8 Å². The van der Waals surface area contributed by atoms with Crippen molar-refractivity contribution in [1.29, 1.82) is 0 Å². The Kier molecular flexibility index (Phi) is 10.5. The lowest BCUT2D eigenvalue weighted by Crippen LogP contribution is -2.70. The molecule has 1 amide bonds. The summed E-state index contributed by atoms with van der Waals surface area (Å²) in [4.78, 5) is 67.9. The first-order chi connectivity index (χ1) is 23.3. The summed E-state index contributed by atoms with van der Waals surface area (Å²) in [6.45, 7) is 5.92. The summed E-state index contributed by atoms with van der Waals surface area (Å²) in [5.74, 6) is -6.52. The van der Waals surface area contributed by atoms with Gasteiger partial charge in [0.05, 0.1) is 30.6 Å². The van der Waals surface area contributed by atoms with Gasteiger partial charge in [0.2, 0.25) is 11.7 Å². The number of hydrogen-bond acceptors (Lipinski definition) is 13. The highest BCUT2D eigenvalue weighted by Crippen LogP contribution is 2.72. The third-order valence-electron chi connectivity index (χ3n) is 11.7. The summed E-state index contributed by atoms with van der Waals surface area (Å²) in [5.41, 5.74) is -5.63. The summed E-state index contributed by atoms with van der Waals surface area (Å²) in [5, 5.41) is 40.2. The van der Waals surface area contributed by atoms with Crippen LogP contribution in [0, 0.1) is 22.7 Å². The summed E-state index contributed by atoms with van der Waals surface area (Å²) < 4.78 is 35.6. The SMILES string of the molecule is CC1(C)O[C@@H]2C[C@H]3[C@@H]4CCC5=CC(=O)C=C[C@]5(C)[C@@]4(F)[C@@H](O)C[C@]3(C)[C@]2(C(=O)COC(=O)CC(NC(=O)CCCCCON(O)O)C(=O)O)O1. The van der Waals surface area contributed by atoms with E-state index in [2.05, 4.69) is 10.2 Å². The number of carbonyl (C=O) groups is 5. The molecule has 3 saturated carbocycles. The lowest BCUT2D eigenvalue weighted by Gasteiger charge is -2.62. The third kappa shape index (κ3) is 6.44. The Morgan fingerprint density at radius 1 is 1.12 bits per heavy atom. The first-order valence-electron chi connectivity index (χ1n) is 17.0. The van der Waals surface area contributed by atoms with Gasteiger partial charge in [0.1, 0.15) is 6.04 Å². The highest BCUT2D eigenvalue weighted by atomic mass is 19.1. The molecule has 4 aliphatic carbocycles. The van der Waals surface area contributed by atoms with Gasteiger partial charge in [-0.05, 0) is 77.4 Å². The number of fused-ring (bicyclic) bond motifs is 7. The van der Waals surface area contributed by atoms with E-state index in [1.54, 1.807) is 33.8 Å². The molecule has 1 heterocycles. The second-order valence-electron chi connectivity index (χ2n) is 15.0. The summed E-state index contributed by atoms with van der Waals surface area (Å²) >= 11 is 0. The smallest absolute Gasteiger partial charge is 0.326 e. The number of ketones is 2. The summed E-state index contributed by atoms with van der Waals surface area (Å²) in [6, 6.07) is -1.63. The molecule has 4 fully saturated rings. The van der Waals surface area contributed by atoms with Crippen molar-refractivity contribution in [3.63, 3.8) is 0 Å². The molecule has 9 atom stereocenters. The Morgan fingerprint density at radius 3 is 2.52 bits per heavy atom. The van der Waals surface area contributed by atoms with E-state index in [1.807, 2.05) is 0 Å². The molecule has 0 aromatic rings. The van der Waals surface area contributed by atoms with Gasteiger partial charge in [-0.15, -0.1) is 0 Å². The van der Waals surface area contributed by atoms with E-state index < -0.39 is 100 Å². The zero-order chi connectivity index (χ0) is 36.9. The number of aliphatic hydroxyl groups is 1. The van der Waals surface area contributed by atoms with E-state index in [-0.39, 0.29) is 31.7 Å². The molecule has 1 aliphatic heterocycles. The predicted molar refractivity (Wildman–Crippen MR) is 166 cm³/mol. The molecular weight excluding hydrogens is 663 g/mol. The van der Waals surface area contributed by atoms with E-state index >= 15 is 4.39 Å². The number of halogens is 1. The minimum Gasteiger partial charge on any atom is -0.480 e. The largest absolute Gasteiger partial charge is 0.480 e. The topological polar surface area (TPSA) is 218 Å². The van der Waals surface area contributed by atoms with Crippen LogP contribution in [-0.4, -0.2) is 104 Å². The summed E-state index contributed by atoms with van der Waals surface area (Å²) in [6.07, 6.45) is 3.12. The van der Waals surface area contributed by atoms with Crippen LogP contribution in [0.5, 0.6) is 0 Å². The quantitative estimate of drug-likeness (QED) is 0.0994. The Bertz CT molecular complexity index is 1470. The van der Waals surface area contributed by atoms with Gasteiger partial charge < -0.3 is 29.7 Å². The van der Waals surface area contributed by atoms with Crippen LogP contribution in [0.2, 0.25) is 0 Å². The Labute approximate surface area is 288 Å². The van der Waals surface area contributed by atoms with Crippen molar-refractivity contribution in [1.82, 2.24) is 10.7 Å². The molecule has 0 spiro atoms. The van der Waals surface area contributed by atoms with Crippen molar-refractivity contribution in [3.05, 3.63) is 23.8 Å². The van der Waals surface area contributed by atoms with Gasteiger partial charge in [-0.25, -0.2) is 9.18 Å². The molecule has 0 aromatic heterocycles. The van der Waals surface area contributed by atoms with Crippen LogP contribution in [0.25, 0.3) is 0 Å². The van der Waals surface area contributed by atoms with Crippen LogP contribution in [0.1, 0.15) is 85.5 Å². The first-order valence-corrected chi connectivity index (χ1v) is 17.0. The number of aliphatic carboxylic acids is 1. The number of carboxylic acid groups (broad SMARTS) is 1. The fourth-order valence-corrected chi connectivity index (χ4v) is 9.46. The molecule has 1 unspecified atom stereocenters. The fourth-order valence-electron chi connectivity index (χ4n) is 9.46. The van der Waals surface area contributed by atoms with Gasteiger partial charge in [0.25, 0.3) is 0 Å². The van der Waals surface area contributed by atoms with Gasteiger partial charge in [-0.2, -0.15) is 0 Å². The maximum atomic E-state index is 17.6. The number of aliphatic hydroxyl groups excluding tert-OH is 1. The van der Waals surface area contributed by atoms with Crippen LogP contribution < -0.4 is 5.32 Å². The Morgan fingerprint density at radius 2 is 1.84 bits per heavy atom. The Balaban J connectivity index is 1.27. The number of esters is 1. The number of carbonyl (C=O) groups excluding carboxylic acids is 4.